The molecule has 2 aliphatic heterocycles. The second-order valence-electron chi connectivity index (χ2n) is 21.9. The number of halogens is 1. The number of aromatic hydroxyl groups is 2. The lowest BCUT2D eigenvalue weighted by Gasteiger charge is -2.29. The Bertz CT molecular complexity index is 2760. The fraction of sp³-hybridized carbons (Fsp3) is 0.492. The molecule has 4 bridgehead atoms. The molecule has 0 fully saturated rings. The minimum Gasteiger partial charge on any atom is -1.00 e. The van der Waals surface area contributed by atoms with E-state index in [-0.39, 0.29) is 83.0 Å². The van der Waals surface area contributed by atoms with Gasteiger partial charge in [-0.25, -0.2) is 9.59 Å². The van der Waals surface area contributed by atoms with Crippen molar-refractivity contribution in [3.8, 4) is 11.5 Å². The van der Waals surface area contributed by atoms with Gasteiger partial charge in [-0.05, 0) is 95.3 Å². The highest BCUT2D eigenvalue weighted by Crippen LogP contribution is 2.41. The molecule has 0 saturated carbocycles. The van der Waals surface area contributed by atoms with E-state index in [1.807, 2.05) is 60.6 Å². The van der Waals surface area contributed by atoms with Gasteiger partial charge in [0.1, 0.15) is 18.0 Å². The van der Waals surface area contributed by atoms with Crippen LogP contribution in [0.1, 0.15) is 107 Å². The number of amides is 4. The number of quaternary nitrogens is 1. The van der Waals surface area contributed by atoms with Gasteiger partial charge < -0.3 is 79.2 Å². The Kier molecular flexibility index (Phi) is 30.2. The molecule has 83 heavy (non-hydrogen) atoms. The molecule has 19 nitrogen and oxygen atoms in total. The van der Waals surface area contributed by atoms with Gasteiger partial charge in [0.2, 0.25) is 5.78 Å². The summed E-state index contributed by atoms with van der Waals surface area (Å²) in [5.74, 6) is -3.52. The molecule has 0 aromatic heterocycles. The molecule has 4 rings (SSSR count). The summed E-state index contributed by atoms with van der Waals surface area (Å²) in [6.45, 7) is 26.0. The number of fused-ring (bicyclic) bond motifs is 4. The fourth-order valence-electron chi connectivity index (χ4n) is 10.3. The number of methoxy groups -OCH3 is 2. The summed E-state index contributed by atoms with van der Waals surface area (Å²) in [6, 6.07) is 1.33. The van der Waals surface area contributed by atoms with Crippen LogP contribution in [0.15, 0.2) is 125 Å². The van der Waals surface area contributed by atoms with Crippen molar-refractivity contribution < 1.29 is 85.9 Å². The summed E-state index contributed by atoms with van der Waals surface area (Å²) in [4.78, 5) is 75.9. The Morgan fingerprint density at radius 1 is 0.723 bits per heavy atom. The largest absolute Gasteiger partial charge is 1.00 e. The van der Waals surface area contributed by atoms with Gasteiger partial charge in [0.25, 0.3) is 11.8 Å². The quantitative estimate of drug-likeness (QED) is 0.0492. The molecule has 3 aliphatic rings. The van der Waals surface area contributed by atoms with Crippen molar-refractivity contribution in [2.24, 2.45) is 47.0 Å². The van der Waals surface area contributed by atoms with Gasteiger partial charge in [0.05, 0.1) is 47.9 Å². The van der Waals surface area contributed by atoms with E-state index in [2.05, 4.69) is 23.8 Å². The highest BCUT2D eigenvalue weighted by molar-refractivity contribution is 6.23. The number of allylic oxidation sites excluding steroid dienone is 8. The molecule has 0 radical (unpaired) electrons. The molecule has 0 saturated heterocycles. The first-order valence-electron chi connectivity index (χ1n) is 27.8. The Labute approximate surface area is 495 Å². The number of benzene rings is 1. The summed E-state index contributed by atoms with van der Waals surface area (Å²) in [5, 5.41) is 51.6. The Hall–Kier alpha value is -6.87. The second-order valence-corrected chi connectivity index (χ2v) is 21.9. The van der Waals surface area contributed by atoms with Gasteiger partial charge in [0.15, 0.2) is 17.2 Å². The van der Waals surface area contributed by atoms with Gasteiger partial charge in [-0.3, -0.25) is 19.2 Å². The van der Waals surface area contributed by atoms with Crippen molar-refractivity contribution in [1.82, 2.24) is 5.32 Å². The molecule has 4 amide bonds. The average molecular weight is 1180 g/mol. The van der Waals surface area contributed by atoms with Crippen LogP contribution in [-0.4, -0.2) is 113 Å². The SMILES string of the molecule is C=CCCC1=C2C[C@@H](C)C[C@H](OC)[C@H](O)[C@@H](C)/C=C(\C)[C@H](OC(N)=O)[C@@H](C)/C=C\C=C(/C)C(=O)NC(=CC1=O)C2=O.C=CC[NH2+]c1c(O)cc2c(O)c1C[C@@H](C)C[C@H](OC)[C@H](O)[C@@H](C)/C=C(\C)[C@H](OC(N)=O)[C@@H](C)/C=C\C=C(/C)C(=O)N2.[Cl-]. The lowest BCUT2D eigenvalue weighted by atomic mass is 9.82. The number of anilines is 1. The maximum Gasteiger partial charge on any atom is 0.405 e. The first-order chi connectivity index (χ1) is 38.6. The minimum atomic E-state index is -0.926. The highest BCUT2D eigenvalue weighted by atomic mass is 35.5. The minimum absolute atomic E-state index is 0. The summed E-state index contributed by atoms with van der Waals surface area (Å²) in [5.41, 5.74) is 14.5. The number of aliphatic hydroxyl groups excluding tert-OH is 2. The van der Waals surface area contributed by atoms with E-state index in [0.717, 1.165) is 0 Å². The number of nitrogens with two attached hydrogens (primary N) is 3. The second kappa shape index (κ2) is 34.7. The van der Waals surface area contributed by atoms with Crippen LogP contribution in [0.4, 0.5) is 21.0 Å². The van der Waals surface area contributed by atoms with E-state index in [9.17, 15) is 49.2 Å². The molecule has 12 atom stereocenters. The number of ketones is 2. The van der Waals surface area contributed by atoms with E-state index >= 15 is 0 Å². The number of phenolic OH excluding ortho intramolecular Hbond substituents is 2. The maximum atomic E-state index is 13.6. The van der Waals surface area contributed by atoms with Crippen LogP contribution in [0.2, 0.25) is 0 Å². The molecule has 2 heterocycles. The summed E-state index contributed by atoms with van der Waals surface area (Å²) in [7, 11) is 3.05. The predicted octanol–water partition coefficient (Wildman–Crippen LogP) is 4.96. The molecular weight excluding hydrogens is 1090 g/mol. The van der Waals surface area contributed by atoms with Crippen LogP contribution in [-0.2, 0) is 44.5 Å². The van der Waals surface area contributed by atoms with Crippen LogP contribution in [0.5, 0.6) is 11.5 Å². The third-order valence-corrected chi connectivity index (χ3v) is 14.9. The highest BCUT2D eigenvalue weighted by Gasteiger charge is 2.34. The molecule has 458 valence electrons. The molecule has 1 aromatic rings. The first kappa shape index (κ1) is 72.2. The van der Waals surface area contributed by atoms with Crippen LogP contribution < -0.4 is 39.8 Å². The maximum absolute atomic E-state index is 13.6. The Balaban J connectivity index is 0.000000560. The van der Waals surface area contributed by atoms with Crippen LogP contribution in [0.25, 0.3) is 0 Å². The average Bonchev–Trinajstić information content (AvgIpc) is 3.61. The third kappa shape index (κ3) is 21.4. The number of primary amides is 2. The number of ether oxygens (including phenoxy) is 4. The molecule has 20 heteroatoms. The van der Waals surface area contributed by atoms with Gasteiger partial charge in [0, 0.05) is 72.3 Å². The van der Waals surface area contributed by atoms with E-state index in [1.165, 1.54) is 26.4 Å². The zero-order valence-electron chi connectivity index (χ0n) is 50.2. The van der Waals surface area contributed by atoms with Crippen LogP contribution in [0.3, 0.4) is 0 Å². The molecule has 12 N–H and O–H groups in total. The lowest BCUT2D eigenvalue weighted by molar-refractivity contribution is -0.562. The molecule has 1 aromatic carbocycles. The molecule has 0 unspecified atom stereocenters. The Morgan fingerprint density at radius 3 is 1.64 bits per heavy atom. The zero-order chi connectivity index (χ0) is 61.7. The van der Waals surface area contributed by atoms with Crippen molar-refractivity contribution >= 4 is 46.9 Å². The number of carbonyl (C=O) groups is 6. The van der Waals surface area contributed by atoms with E-state index in [4.69, 9.17) is 30.4 Å². The lowest BCUT2D eigenvalue weighted by Crippen LogP contribution is -3.00. The monoisotopic (exact) mass is 1180 g/mol. The summed E-state index contributed by atoms with van der Waals surface area (Å²) >= 11 is 0. The summed E-state index contributed by atoms with van der Waals surface area (Å²) in [6.07, 6.45) is 14.5. The number of aliphatic hydroxyl groups is 2. The Morgan fingerprint density at radius 2 is 1.19 bits per heavy atom. The smallest absolute Gasteiger partial charge is 0.405 e. The van der Waals surface area contributed by atoms with E-state index in [0.29, 0.717) is 83.3 Å². The molecule has 0 spiro atoms. The summed E-state index contributed by atoms with van der Waals surface area (Å²) < 4.78 is 22.2. The number of phenols is 2. The first-order valence-corrected chi connectivity index (χ1v) is 27.8. The van der Waals surface area contributed by atoms with Crippen molar-refractivity contribution in [3.63, 3.8) is 0 Å². The molecular formula is C63H90ClN5O14. The standard InChI is InChI=1S/C32H44N2O7.C31H45N3O7.ClH/c1-8-9-13-23-24-14-18(2)15-27(40-7)28(36)21(5)16-22(6)30(41-32(33)39)19(3)11-10-12-20(4)31(38)34-25(29(24)37)17-26(23)35;1-8-12-33-26-22-13-17(2)14-25(40-7)27(36)20(5)15-21(6)29(41-31(32)39)18(3)10-9-11-19(4)30(38)34-23(28(22)37)16-24(26)35;/h8,10-12,16-19,21,27-28,30,36H,1,9,13-15H2,2-7H3,(H2,33,39)(H,34,38);8-11,15-18,20,25,27,29,33,35-37H,1,12-14H2,2-7H3,(H2,32,39)(H,34,38);1H/b11-10-,20-12+,22-16+;10-9-,19-11+,21-15+;/t18-,19+,21+,27+,28-,30-;17-,18+,20+,25+,27-,29-;/m11./s1. The van der Waals surface area contributed by atoms with Crippen molar-refractivity contribution in [2.45, 2.75) is 144 Å². The topological polar surface area (TPSA) is 313 Å². The van der Waals surface area contributed by atoms with E-state index in [1.54, 1.807) is 74.7 Å². The predicted molar refractivity (Wildman–Crippen MR) is 316 cm³/mol. The number of carbonyl (C=O) groups excluding carboxylic acids is 6. The van der Waals surface area contributed by atoms with Crippen molar-refractivity contribution in [3.05, 3.63) is 131 Å². The number of hydrogen-bond acceptors (Lipinski definition) is 14. The van der Waals surface area contributed by atoms with Gasteiger partial charge in [-0.1, -0.05) is 103 Å². The number of Topliss-reactive ketones (excluding diaryl/α,β-unsaturated/α-hetero) is 1. The molecule has 1 aliphatic carbocycles. The zero-order valence-corrected chi connectivity index (χ0v) is 51.0. The van der Waals surface area contributed by atoms with Crippen molar-refractivity contribution in [2.75, 3.05) is 26.1 Å². The van der Waals surface area contributed by atoms with Gasteiger partial charge in [-0.15, -0.1) is 6.58 Å². The van der Waals surface area contributed by atoms with Crippen LogP contribution in [0, 0.1) is 35.5 Å². The third-order valence-electron chi connectivity index (χ3n) is 14.9. The van der Waals surface area contributed by atoms with Gasteiger partial charge >= 0.3 is 12.2 Å². The number of hydrogen-bond donors (Lipinski definition) is 9. The van der Waals surface area contributed by atoms with E-state index < -0.39 is 66.4 Å². The van der Waals surface area contributed by atoms with Crippen LogP contribution >= 0.6 is 0 Å². The fourth-order valence-corrected chi connectivity index (χ4v) is 10.3. The van der Waals surface area contributed by atoms with Gasteiger partial charge in [-0.2, -0.15) is 0 Å². The number of rotatable bonds is 10. The normalized spacial score (nSPS) is 30.6. The number of nitrogens with one attached hydrogen (secondary N) is 2. The van der Waals surface area contributed by atoms with Crippen molar-refractivity contribution in [1.29, 1.82) is 0 Å².